The van der Waals surface area contributed by atoms with Crippen LogP contribution in [0.25, 0.3) is 0 Å². The molecule has 274 valence electrons. The molecule has 0 aromatic carbocycles. The first kappa shape index (κ1) is 36.6. The standard InChI is InChI=1S/C27H37N15O7S2/c1-27(2,23(47)48)49-38-14(17-37-26(32)51-39-17)19(43)36-15-20(44)42-16(22(45)46)12(10-50-21(15)42)8-40-9-13(18-33-4-3-5-41(18)40)11(6-34-24(28)29)7-35-25(30)31/h9,11,15,21H,3-8,10H2,1-2H3,(H13,28,29,30,31,32,34,35,36,37,39,43,45,46,47,48)/p+1/t15-,21-/m1/s1. The molecule has 14 N–H and O–H groups in total. The molecule has 51 heavy (non-hydrogen) atoms. The van der Waals surface area contributed by atoms with Gasteiger partial charge in [0.1, 0.15) is 17.1 Å². The van der Waals surface area contributed by atoms with Crippen molar-refractivity contribution in [3.05, 3.63) is 28.9 Å². The summed E-state index contributed by atoms with van der Waals surface area (Å²) in [4.78, 5) is 69.6. The summed E-state index contributed by atoms with van der Waals surface area (Å²) in [6, 6.07) is -1.15. The maximum Gasteiger partial charge on any atom is 0.352 e. The van der Waals surface area contributed by atoms with Crippen LogP contribution in [0.4, 0.5) is 10.9 Å². The summed E-state index contributed by atoms with van der Waals surface area (Å²) < 4.78 is 7.80. The molecule has 2 atom stereocenters. The lowest BCUT2D eigenvalue weighted by Gasteiger charge is -2.49. The Bertz CT molecular complexity index is 1840. The summed E-state index contributed by atoms with van der Waals surface area (Å²) >= 11 is 2.03. The summed E-state index contributed by atoms with van der Waals surface area (Å²) in [6.07, 6.45) is 2.66. The number of anilines is 2. The molecule has 0 unspecified atom stereocenters. The van der Waals surface area contributed by atoms with E-state index in [2.05, 4.69) is 35.1 Å². The van der Waals surface area contributed by atoms with Gasteiger partial charge in [0.2, 0.25) is 23.3 Å². The molecule has 5 heterocycles. The van der Waals surface area contributed by atoms with E-state index in [4.69, 9.17) is 33.5 Å². The SMILES string of the molecule is CC(C)(ON=C(C(=O)N[C@@H]1C(=O)N2C(C(=O)O)=C(C[n+]3cc(C(CN=C(N)N)CN=C(N)N)c4n3CCCN4)CS[C@H]12)c1nsc(N)n1)C(=O)O. The van der Waals surface area contributed by atoms with E-state index < -0.39 is 46.5 Å². The van der Waals surface area contributed by atoms with Gasteiger partial charge < -0.3 is 54.4 Å². The maximum atomic E-state index is 13.5. The molecule has 24 heteroatoms. The van der Waals surface area contributed by atoms with Crippen molar-refractivity contribution in [1.82, 2.24) is 24.3 Å². The fraction of sp³-hybridized carbons (Fsp3) is 0.481. The second kappa shape index (κ2) is 14.7. The fourth-order valence-electron chi connectivity index (χ4n) is 5.48. The molecule has 3 aliphatic rings. The van der Waals surface area contributed by atoms with Crippen LogP contribution in [-0.4, -0.2) is 113 Å². The molecule has 0 aliphatic carbocycles. The number of rotatable bonds is 14. The minimum atomic E-state index is -1.82. The minimum absolute atomic E-state index is 0.00330. The van der Waals surface area contributed by atoms with Crippen LogP contribution in [0.5, 0.6) is 0 Å². The van der Waals surface area contributed by atoms with Crippen molar-refractivity contribution in [1.29, 1.82) is 0 Å². The van der Waals surface area contributed by atoms with Crippen molar-refractivity contribution < 1.29 is 38.9 Å². The van der Waals surface area contributed by atoms with Crippen LogP contribution in [0.2, 0.25) is 0 Å². The number of nitrogen functional groups attached to an aromatic ring is 1. The van der Waals surface area contributed by atoms with Gasteiger partial charge in [-0.15, -0.1) is 21.1 Å². The van der Waals surface area contributed by atoms with Gasteiger partial charge in [0, 0.05) is 35.3 Å². The number of hydrogen-bond acceptors (Lipinski definition) is 14. The smallest absolute Gasteiger partial charge is 0.352 e. The molecule has 1 fully saturated rings. The Morgan fingerprint density at radius 1 is 1.20 bits per heavy atom. The Balaban J connectivity index is 1.40. The first-order valence-corrected chi connectivity index (χ1v) is 17.2. The normalized spacial score (nSPS) is 18.6. The highest BCUT2D eigenvalue weighted by molar-refractivity contribution is 8.00. The van der Waals surface area contributed by atoms with E-state index >= 15 is 0 Å². The summed E-state index contributed by atoms with van der Waals surface area (Å²) in [5.41, 5.74) is 26.8. The van der Waals surface area contributed by atoms with Gasteiger partial charge in [-0.3, -0.25) is 24.5 Å². The van der Waals surface area contributed by atoms with Crippen molar-refractivity contribution >= 4 is 75.6 Å². The monoisotopic (exact) mass is 748 g/mol. The number of carbonyl (C=O) groups is 4. The van der Waals surface area contributed by atoms with E-state index in [1.807, 2.05) is 15.6 Å². The number of nitrogens with zero attached hydrogens (tertiary/aromatic N) is 8. The lowest BCUT2D eigenvalue weighted by Crippen LogP contribution is -2.71. The van der Waals surface area contributed by atoms with Crippen LogP contribution < -0.4 is 44.0 Å². The predicted molar refractivity (Wildman–Crippen MR) is 185 cm³/mol. The van der Waals surface area contributed by atoms with Gasteiger partial charge in [-0.25, -0.2) is 9.59 Å². The van der Waals surface area contributed by atoms with Gasteiger partial charge in [0.25, 0.3) is 11.8 Å². The Kier molecular flexibility index (Phi) is 10.5. The number of carbonyl (C=O) groups excluding carboxylic acids is 2. The zero-order valence-electron chi connectivity index (χ0n) is 27.5. The number of β-lactam (4-membered cyclic amide) rings is 1. The fourth-order valence-corrected chi connectivity index (χ4v) is 7.25. The molecular weight excluding hydrogens is 711 g/mol. The van der Waals surface area contributed by atoms with E-state index in [9.17, 15) is 29.4 Å². The number of fused-ring (bicyclic) bond motifs is 2. The van der Waals surface area contributed by atoms with Crippen molar-refractivity contribution in [2.45, 2.75) is 56.3 Å². The number of oxime groups is 1. The Morgan fingerprint density at radius 2 is 1.88 bits per heavy atom. The lowest BCUT2D eigenvalue weighted by molar-refractivity contribution is -0.768. The second-order valence-corrected chi connectivity index (χ2v) is 14.0. The average molecular weight is 749 g/mol. The van der Waals surface area contributed by atoms with E-state index in [1.165, 1.54) is 25.6 Å². The molecule has 3 aliphatic heterocycles. The molecule has 0 radical (unpaired) electrons. The zero-order valence-corrected chi connectivity index (χ0v) is 29.1. The number of carboxylic acid groups (broad SMARTS) is 2. The number of nitrogens with one attached hydrogen (secondary N) is 2. The number of carboxylic acids is 2. The molecule has 0 spiro atoms. The quantitative estimate of drug-likeness (QED) is 0.0300. The van der Waals surface area contributed by atoms with Crippen molar-refractivity contribution in [3.8, 4) is 0 Å². The number of aromatic nitrogens is 4. The number of thioether (sulfide) groups is 1. The van der Waals surface area contributed by atoms with Crippen molar-refractivity contribution in [2.75, 3.05) is 36.4 Å². The van der Waals surface area contributed by atoms with E-state index in [0.29, 0.717) is 18.7 Å². The Morgan fingerprint density at radius 3 is 2.47 bits per heavy atom. The van der Waals surface area contributed by atoms with Gasteiger partial charge in [0.15, 0.2) is 29.4 Å². The number of amides is 2. The Labute approximate surface area is 298 Å². The largest absolute Gasteiger partial charge is 0.478 e. The van der Waals surface area contributed by atoms with Crippen molar-refractivity contribution in [3.63, 3.8) is 0 Å². The molecule has 0 bridgehead atoms. The summed E-state index contributed by atoms with van der Waals surface area (Å²) in [7, 11) is 0. The van der Waals surface area contributed by atoms with Gasteiger partial charge in [0.05, 0.1) is 25.2 Å². The summed E-state index contributed by atoms with van der Waals surface area (Å²) in [6.45, 7) is 4.27. The van der Waals surface area contributed by atoms with Crippen molar-refractivity contribution in [2.24, 2.45) is 38.1 Å². The third-order valence-electron chi connectivity index (χ3n) is 8.04. The number of nitrogens with two attached hydrogens (primary N) is 5. The number of aliphatic imine (C=N–C) groups is 2. The van der Waals surface area contributed by atoms with Crippen LogP contribution in [0.15, 0.2) is 32.6 Å². The average Bonchev–Trinajstić information content (AvgIpc) is 3.66. The number of guanidine groups is 2. The number of hydrogen-bond donors (Lipinski definition) is 9. The van der Waals surface area contributed by atoms with Crippen LogP contribution >= 0.6 is 23.3 Å². The highest BCUT2D eigenvalue weighted by Crippen LogP contribution is 2.40. The minimum Gasteiger partial charge on any atom is -0.478 e. The summed E-state index contributed by atoms with van der Waals surface area (Å²) in [5, 5.41) is 28.6. The third kappa shape index (κ3) is 7.74. The van der Waals surface area contributed by atoms with Crippen LogP contribution in [0, 0.1) is 0 Å². The maximum absolute atomic E-state index is 13.5. The predicted octanol–water partition coefficient (Wildman–Crippen LogP) is -3.32. The molecular formula is C27H38N15O7S2+. The molecule has 2 amide bonds. The molecule has 0 saturated carbocycles. The summed E-state index contributed by atoms with van der Waals surface area (Å²) in [5.74, 6) is -4.06. The molecule has 2 aromatic rings. The highest BCUT2D eigenvalue weighted by Gasteiger charge is 2.55. The van der Waals surface area contributed by atoms with E-state index in [1.54, 1.807) is 0 Å². The molecule has 2 aromatic heterocycles. The van der Waals surface area contributed by atoms with E-state index in [0.717, 1.165) is 34.2 Å². The van der Waals surface area contributed by atoms with Gasteiger partial charge in [-0.2, -0.15) is 9.36 Å². The second-order valence-electron chi connectivity index (χ2n) is 12.1. The number of aliphatic carboxylic acids is 2. The first-order chi connectivity index (χ1) is 24.1. The molecule has 22 nitrogen and oxygen atoms in total. The Hall–Kier alpha value is -5.65. The van der Waals surface area contributed by atoms with E-state index in [-0.39, 0.29) is 59.9 Å². The van der Waals surface area contributed by atoms with Crippen LogP contribution in [0.3, 0.4) is 0 Å². The topological polar surface area (TPSA) is 347 Å². The van der Waals surface area contributed by atoms with Crippen LogP contribution in [0.1, 0.15) is 37.6 Å². The van der Waals surface area contributed by atoms with Gasteiger partial charge in [-0.05, 0) is 20.3 Å². The van der Waals surface area contributed by atoms with Gasteiger partial charge in [-0.1, -0.05) is 5.16 Å². The molecule has 5 rings (SSSR count). The highest BCUT2D eigenvalue weighted by atomic mass is 32.2. The lowest BCUT2D eigenvalue weighted by atomic mass is 10.0. The molecule has 1 saturated heterocycles. The van der Waals surface area contributed by atoms with Crippen LogP contribution in [-0.2, 0) is 37.1 Å². The zero-order chi connectivity index (χ0) is 37.2. The first-order valence-electron chi connectivity index (χ1n) is 15.4. The third-order valence-corrected chi connectivity index (χ3v) is 9.92. The van der Waals surface area contributed by atoms with Gasteiger partial charge >= 0.3 is 11.9 Å².